The Balaban J connectivity index is 1.74. The fraction of sp³-hybridized carbons (Fsp3) is 0.483. The zero-order valence-electron chi connectivity index (χ0n) is 23.4. The van der Waals surface area contributed by atoms with Gasteiger partial charge in [0.1, 0.15) is 28.8 Å². The molecule has 39 heavy (non-hydrogen) atoms. The maximum atomic E-state index is 13.1. The predicted molar refractivity (Wildman–Crippen MR) is 144 cm³/mol. The number of amides is 1. The fourth-order valence-electron chi connectivity index (χ4n) is 4.07. The first-order chi connectivity index (χ1) is 18.2. The summed E-state index contributed by atoms with van der Waals surface area (Å²) in [6.07, 6.45) is -1.27. The van der Waals surface area contributed by atoms with E-state index >= 15 is 0 Å². The Morgan fingerprint density at radius 3 is 1.85 bits per heavy atom. The Hall–Kier alpha value is -3.79. The van der Waals surface area contributed by atoms with Crippen molar-refractivity contribution < 1.29 is 38.5 Å². The number of carbonyl (C=O) groups is 3. The Morgan fingerprint density at radius 2 is 1.36 bits per heavy atom. The number of carbonyl (C=O) groups excluding carboxylic acids is 2. The fourth-order valence-corrected chi connectivity index (χ4v) is 4.07. The van der Waals surface area contributed by atoms with Gasteiger partial charge in [-0.1, -0.05) is 0 Å². The summed E-state index contributed by atoms with van der Waals surface area (Å²) in [6, 6.07) is 12.6. The third-order valence-corrected chi connectivity index (χ3v) is 5.58. The molecule has 10 nitrogen and oxygen atoms in total. The van der Waals surface area contributed by atoms with Gasteiger partial charge in [0.15, 0.2) is 0 Å². The van der Waals surface area contributed by atoms with Gasteiger partial charge in [-0.2, -0.15) is 0 Å². The SMILES string of the molecule is CC(C)(C)Oc1ccc(C(=O)N[C@@H]2CN(OC(=O)O)CCC[C@H]2OC(=O)c2ccc(OC(C)(C)C)cc2)cc1. The highest BCUT2D eigenvalue weighted by Crippen LogP contribution is 2.22. The van der Waals surface area contributed by atoms with Crippen LogP contribution in [0.5, 0.6) is 11.5 Å². The minimum Gasteiger partial charge on any atom is -0.488 e. The lowest BCUT2D eigenvalue weighted by Gasteiger charge is -2.28. The average molecular weight is 543 g/mol. The van der Waals surface area contributed by atoms with Crippen LogP contribution < -0.4 is 14.8 Å². The quantitative estimate of drug-likeness (QED) is 0.462. The third kappa shape index (κ3) is 9.79. The van der Waals surface area contributed by atoms with Crippen molar-refractivity contribution in [3.8, 4) is 11.5 Å². The van der Waals surface area contributed by atoms with E-state index in [-0.39, 0.29) is 17.7 Å². The maximum Gasteiger partial charge on any atom is 0.525 e. The van der Waals surface area contributed by atoms with E-state index < -0.39 is 30.2 Å². The molecule has 0 unspecified atom stereocenters. The van der Waals surface area contributed by atoms with Crippen molar-refractivity contribution in [1.82, 2.24) is 10.4 Å². The lowest BCUT2D eigenvalue weighted by atomic mass is 10.1. The first-order valence-electron chi connectivity index (χ1n) is 12.9. The second-order valence-corrected chi connectivity index (χ2v) is 11.4. The summed E-state index contributed by atoms with van der Waals surface area (Å²) in [5.41, 5.74) is -0.0452. The molecule has 0 aromatic heterocycles. The number of ether oxygens (including phenoxy) is 3. The summed E-state index contributed by atoms with van der Waals surface area (Å²) < 4.78 is 17.4. The van der Waals surface area contributed by atoms with E-state index in [1.807, 2.05) is 41.5 Å². The van der Waals surface area contributed by atoms with Crippen LogP contribution in [0, 0.1) is 0 Å². The van der Waals surface area contributed by atoms with Crippen molar-refractivity contribution in [2.24, 2.45) is 0 Å². The summed E-state index contributed by atoms with van der Waals surface area (Å²) in [4.78, 5) is 42.2. The molecule has 212 valence electrons. The van der Waals surface area contributed by atoms with Gasteiger partial charge in [0, 0.05) is 12.1 Å². The van der Waals surface area contributed by atoms with Crippen LogP contribution in [0.4, 0.5) is 4.79 Å². The molecule has 2 aromatic rings. The minimum atomic E-state index is -1.46. The summed E-state index contributed by atoms with van der Waals surface area (Å²) in [5, 5.41) is 13.3. The van der Waals surface area contributed by atoms with Crippen LogP contribution in [0.3, 0.4) is 0 Å². The lowest BCUT2D eigenvalue weighted by Crippen LogP contribution is -2.50. The average Bonchev–Trinajstić information content (AvgIpc) is 2.99. The van der Waals surface area contributed by atoms with Crippen LogP contribution in [0.2, 0.25) is 0 Å². The molecule has 1 amide bonds. The zero-order chi connectivity index (χ0) is 28.8. The number of carboxylic acid groups (broad SMARTS) is 1. The third-order valence-electron chi connectivity index (χ3n) is 5.58. The van der Waals surface area contributed by atoms with E-state index in [9.17, 15) is 14.4 Å². The molecule has 0 aliphatic carbocycles. The Kier molecular flexibility index (Phi) is 9.45. The number of nitrogens with zero attached hydrogens (tertiary/aromatic N) is 1. The Morgan fingerprint density at radius 1 is 0.846 bits per heavy atom. The monoisotopic (exact) mass is 542 g/mol. The van der Waals surface area contributed by atoms with Gasteiger partial charge < -0.3 is 29.5 Å². The molecule has 2 N–H and O–H groups in total. The molecule has 1 aliphatic rings. The van der Waals surface area contributed by atoms with Crippen LogP contribution in [0.15, 0.2) is 48.5 Å². The van der Waals surface area contributed by atoms with Gasteiger partial charge in [-0.15, -0.1) is 5.06 Å². The van der Waals surface area contributed by atoms with Gasteiger partial charge in [0.25, 0.3) is 5.91 Å². The van der Waals surface area contributed by atoms with Crippen LogP contribution >= 0.6 is 0 Å². The number of esters is 1. The van der Waals surface area contributed by atoms with Gasteiger partial charge in [0.05, 0.1) is 18.2 Å². The molecule has 0 spiro atoms. The van der Waals surface area contributed by atoms with Gasteiger partial charge >= 0.3 is 12.1 Å². The molecular formula is C29H38N2O8. The summed E-state index contributed by atoms with van der Waals surface area (Å²) in [7, 11) is 0. The molecule has 1 saturated heterocycles. The standard InChI is InChI=1S/C29H38N2O8/c1-28(2,3)37-21-13-9-19(10-14-21)25(32)30-23-18-31(39-27(34)35)17-7-8-24(23)36-26(33)20-11-15-22(16-12-20)38-29(4,5)6/h9-16,23-24H,7-8,17-18H2,1-6H3,(H,30,32)(H,34,35)/t23-,24-/m1/s1. The number of benzene rings is 2. The van der Waals surface area contributed by atoms with Crippen molar-refractivity contribution in [2.75, 3.05) is 13.1 Å². The lowest BCUT2D eigenvalue weighted by molar-refractivity contribution is -0.122. The number of hydrogen-bond acceptors (Lipinski definition) is 8. The molecule has 2 aromatic carbocycles. The smallest absolute Gasteiger partial charge is 0.488 e. The van der Waals surface area contributed by atoms with Gasteiger partial charge in [0.2, 0.25) is 0 Å². The number of nitrogens with one attached hydrogen (secondary N) is 1. The molecule has 1 heterocycles. The highest BCUT2D eigenvalue weighted by molar-refractivity contribution is 5.94. The van der Waals surface area contributed by atoms with Gasteiger partial charge in [-0.25, -0.2) is 9.59 Å². The normalized spacial score (nSPS) is 18.4. The molecule has 2 atom stereocenters. The van der Waals surface area contributed by atoms with Crippen LogP contribution in [-0.2, 0) is 9.57 Å². The first-order valence-corrected chi connectivity index (χ1v) is 12.9. The molecule has 1 aliphatic heterocycles. The minimum absolute atomic E-state index is 0.0135. The zero-order valence-corrected chi connectivity index (χ0v) is 23.4. The van der Waals surface area contributed by atoms with Gasteiger partial charge in [-0.05, 0) is 103 Å². The summed E-state index contributed by atoms with van der Waals surface area (Å²) in [5.74, 6) is 0.293. The van der Waals surface area contributed by atoms with Gasteiger partial charge in [-0.3, -0.25) is 4.79 Å². The van der Waals surface area contributed by atoms with E-state index in [1.165, 1.54) is 5.06 Å². The predicted octanol–water partition coefficient (Wildman–Crippen LogP) is 5.07. The Labute approximate surface area is 229 Å². The number of rotatable bonds is 7. The molecule has 0 bridgehead atoms. The maximum absolute atomic E-state index is 13.1. The van der Waals surface area contributed by atoms with Crippen LogP contribution in [0.25, 0.3) is 0 Å². The molecular weight excluding hydrogens is 504 g/mol. The molecule has 0 saturated carbocycles. The molecule has 0 radical (unpaired) electrons. The highest BCUT2D eigenvalue weighted by Gasteiger charge is 2.33. The van der Waals surface area contributed by atoms with E-state index in [4.69, 9.17) is 24.2 Å². The Bertz CT molecular complexity index is 1130. The molecule has 1 fully saturated rings. The summed E-state index contributed by atoms with van der Waals surface area (Å²) in [6.45, 7) is 11.9. The topological polar surface area (TPSA) is 124 Å². The molecule has 3 rings (SSSR count). The van der Waals surface area contributed by atoms with E-state index in [0.29, 0.717) is 42.0 Å². The van der Waals surface area contributed by atoms with Crippen molar-refractivity contribution >= 4 is 18.0 Å². The second-order valence-electron chi connectivity index (χ2n) is 11.4. The van der Waals surface area contributed by atoms with Crippen molar-refractivity contribution in [1.29, 1.82) is 0 Å². The van der Waals surface area contributed by atoms with Crippen LogP contribution in [0.1, 0.15) is 75.1 Å². The van der Waals surface area contributed by atoms with Crippen molar-refractivity contribution in [3.63, 3.8) is 0 Å². The number of hydroxylamine groups is 2. The van der Waals surface area contributed by atoms with E-state index in [1.54, 1.807) is 48.5 Å². The second kappa shape index (κ2) is 12.4. The molecule has 10 heteroatoms. The van der Waals surface area contributed by atoms with Crippen molar-refractivity contribution in [3.05, 3.63) is 59.7 Å². The van der Waals surface area contributed by atoms with Crippen molar-refractivity contribution in [2.45, 2.75) is 77.7 Å². The van der Waals surface area contributed by atoms with Crippen LogP contribution in [-0.4, -0.2) is 64.6 Å². The van der Waals surface area contributed by atoms with E-state index in [0.717, 1.165) is 0 Å². The van der Waals surface area contributed by atoms with E-state index in [2.05, 4.69) is 5.32 Å². The largest absolute Gasteiger partial charge is 0.525 e. The highest BCUT2D eigenvalue weighted by atomic mass is 16.8. The number of hydrogen-bond donors (Lipinski definition) is 2. The summed E-state index contributed by atoms with van der Waals surface area (Å²) >= 11 is 0. The first kappa shape index (κ1) is 29.8.